The highest BCUT2D eigenvalue weighted by atomic mass is 19.1. The fraction of sp³-hybridized carbons (Fsp3) is 0.400. The van der Waals surface area contributed by atoms with Crippen LogP contribution < -0.4 is 11.1 Å². The van der Waals surface area contributed by atoms with Gasteiger partial charge < -0.3 is 11.1 Å². The molecule has 2 rings (SSSR count). The summed E-state index contributed by atoms with van der Waals surface area (Å²) in [5, 5.41) is 2.53. The lowest BCUT2D eigenvalue weighted by molar-refractivity contribution is -0.120. The summed E-state index contributed by atoms with van der Waals surface area (Å²) in [7, 11) is 0. The average Bonchev–Trinajstić information content (AvgIpc) is 3.02. The van der Waals surface area contributed by atoms with Crippen LogP contribution in [0.5, 0.6) is 0 Å². The summed E-state index contributed by atoms with van der Waals surface area (Å²) in [5.41, 5.74) is 5.19. The molecule has 5 heteroatoms. The van der Waals surface area contributed by atoms with Crippen LogP contribution in [-0.4, -0.2) is 17.4 Å². The van der Waals surface area contributed by atoms with E-state index in [9.17, 15) is 9.18 Å². The Bertz CT molecular complexity index is 390. The monoisotopic (exact) mass is 209 g/mol. The van der Waals surface area contributed by atoms with Crippen LogP contribution in [-0.2, 0) is 4.79 Å². The van der Waals surface area contributed by atoms with Crippen LogP contribution in [0.1, 0.15) is 12.8 Å². The van der Waals surface area contributed by atoms with Crippen molar-refractivity contribution in [2.24, 2.45) is 11.1 Å². The molecule has 0 saturated heterocycles. The van der Waals surface area contributed by atoms with E-state index in [0.29, 0.717) is 6.54 Å². The van der Waals surface area contributed by atoms with Crippen molar-refractivity contribution in [2.45, 2.75) is 12.8 Å². The standard InChI is InChI=1S/C10H12FN3O/c11-7-5-13-4-1-8(7)14-9(15)10(6-12)2-3-10/h1,4-5H,2-3,6,12H2,(H,13,14,15). The largest absolute Gasteiger partial charge is 0.329 e. The van der Waals surface area contributed by atoms with E-state index in [1.807, 2.05) is 0 Å². The topological polar surface area (TPSA) is 68.0 Å². The molecular weight excluding hydrogens is 197 g/mol. The van der Waals surface area contributed by atoms with Crippen molar-refractivity contribution in [3.63, 3.8) is 0 Å². The number of amides is 1. The second-order valence-corrected chi connectivity index (χ2v) is 3.79. The van der Waals surface area contributed by atoms with Crippen LogP contribution in [0.4, 0.5) is 10.1 Å². The molecule has 3 N–H and O–H groups in total. The minimum atomic E-state index is -0.529. The molecule has 80 valence electrons. The number of nitrogens with two attached hydrogens (primary N) is 1. The van der Waals surface area contributed by atoms with E-state index in [1.165, 1.54) is 12.3 Å². The van der Waals surface area contributed by atoms with Gasteiger partial charge in [-0.3, -0.25) is 9.78 Å². The molecule has 0 spiro atoms. The third kappa shape index (κ3) is 1.83. The molecule has 1 aliphatic rings. The number of pyridine rings is 1. The van der Waals surface area contributed by atoms with Crippen molar-refractivity contribution < 1.29 is 9.18 Å². The Labute approximate surface area is 86.7 Å². The summed E-state index contributed by atoms with van der Waals surface area (Å²) >= 11 is 0. The van der Waals surface area contributed by atoms with Gasteiger partial charge in [0.25, 0.3) is 0 Å². The highest BCUT2D eigenvalue weighted by Gasteiger charge is 2.48. The van der Waals surface area contributed by atoms with Crippen LogP contribution in [0.15, 0.2) is 18.5 Å². The van der Waals surface area contributed by atoms with Crippen molar-refractivity contribution in [1.82, 2.24) is 4.98 Å². The third-order valence-corrected chi connectivity index (χ3v) is 2.75. The number of aromatic nitrogens is 1. The van der Waals surface area contributed by atoms with Crippen LogP contribution in [0.2, 0.25) is 0 Å². The maximum Gasteiger partial charge on any atom is 0.231 e. The van der Waals surface area contributed by atoms with Crippen LogP contribution in [0, 0.1) is 11.2 Å². The lowest BCUT2D eigenvalue weighted by Crippen LogP contribution is -2.31. The molecule has 0 atom stereocenters. The SMILES string of the molecule is NCC1(C(=O)Nc2ccncc2F)CC1. The van der Waals surface area contributed by atoms with Gasteiger partial charge in [-0.25, -0.2) is 4.39 Å². The molecule has 0 unspecified atom stereocenters. The first-order chi connectivity index (χ1) is 7.18. The van der Waals surface area contributed by atoms with E-state index in [2.05, 4.69) is 10.3 Å². The number of hydrogen-bond donors (Lipinski definition) is 2. The zero-order valence-electron chi connectivity index (χ0n) is 8.16. The Balaban J connectivity index is 2.10. The van der Waals surface area contributed by atoms with Gasteiger partial charge >= 0.3 is 0 Å². The summed E-state index contributed by atoms with van der Waals surface area (Å²) in [4.78, 5) is 15.3. The fourth-order valence-corrected chi connectivity index (χ4v) is 1.41. The molecular formula is C10H12FN3O. The predicted molar refractivity (Wildman–Crippen MR) is 53.5 cm³/mol. The number of carbonyl (C=O) groups is 1. The first kappa shape index (κ1) is 10.0. The summed E-state index contributed by atoms with van der Waals surface area (Å²) in [6.45, 7) is 0.311. The Kier molecular flexibility index (Phi) is 2.40. The normalized spacial score (nSPS) is 17.2. The van der Waals surface area contributed by atoms with E-state index >= 15 is 0 Å². The number of hydrogen-bond acceptors (Lipinski definition) is 3. The van der Waals surface area contributed by atoms with Crippen molar-refractivity contribution in [1.29, 1.82) is 0 Å². The van der Waals surface area contributed by atoms with Gasteiger partial charge in [-0.05, 0) is 18.9 Å². The molecule has 0 aromatic carbocycles. The lowest BCUT2D eigenvalue weighted by atomic mass is 10.1. The quantitative estimate of drug-likeness (QED) is 0.777. The molecule has 0 bridgehead atoms. The highest BCUT2D eigenvalue weighted by Crippen LogP contribution is 2.45. The Morgan fingerprint density at radius 1 is 1.67 bits per heavy atom. The van der Waals surface area contributed by atoms with E-state index in [4.69, 9.17) is 5.73 Å². The van der Waals surface area contributed by atoms with Crippen molar-refractivity contribution >= 4 is 11.6 Å². The smallest absolute Gasteiger partial charge is 0.231 e. The van der Waals surface area contributed by atoms with Crippen LogP contribution >= 0.6 is 0 Å². The molecule has 0 radical (unpaired) electrons. The van der Waals surface area contributed by atoms with Gasteiger partial charge in [0, 0.05) is 12.7 Å². The molecule has 1 fully saturated rings. The molecule has 15 heavy (non-hydrogen) atoms. The molecule has 1 aliphatic carbocycles. The van der Waals surface area contributed by atoms with E-state index in [1.54, 1.807) is 0 Å². The van der Waals surface area contributed by atoms with Gasteiger partial charge in [0.05, 0.1) is 17.3 Å². The minimum absolute atomic E-state index is 0.162. The number of rotatable bonds is 3. The maximum atomic E-state index is 13.2. The zero-order chi connectivity index (χ0) is 10.9. The maximum absolute atomic E-state index is 13.2. The summed E-state index contributed by atoms with van der Waals surface area (Å²) < 4.78 is 13.2. The number of halogens is 1. The molecule has 1 aromatic rings. The molecule has 1 amide bonds. The number of carbonyl (C=O) groups excluding carboxylic acids is 1. The van der Waals surface area contributed by atoms with Gasteiger partial charge in [-0.15, -0.1) is 0 Å². The highest BCUT2D eigenvalue weighted by molar-refractivity contribution is 5.97. The van der Waals surface area contributed by atoms with Gasteiger partial charge in [0.2, 0.25) is 5.91 Å². The lowest BCUT2D eigenvalue weighted by Gasteiger charge is -2.12. The van der Waals surface area contributed by atoms with Gasteiger partial charge in [-0.1, -0.05) is 0 Å². The van der Waals surface area contributed by atoms with Crippen molar-refractivity contribution in [3.05, 3.63) is 24.3 Å². The number of nitrogens with zero attached hydrogens (tertiary/aromatic N) is 1. The first-order valence-electron chi connectivity index (χ1n) is 4.79. The molecule has 4 nitrogen and oxygen atoms in total. The van der Waals surface area contributed by atoms with Gasteiger partial charge in [-0.2, -0.15) is 0 Å². The predicted octanol–water partition coefficient (Wildman–Crippen LogP) is 0.898. The summed E-state index contributed by atoms with van der Waals surface area (Å²) in [5.74, 6) is -0.728. The molecule has 1 saturated carbocycles. The second kappa shape index (κ2) is 3.58. The second-order valence-electron chi connectivity index (χ2n) is 3.79. The molecule has 0 aliphatic heterocycles. The Morgan fingerprint density at radius 3 is 2.93 bits per heavy atom. The molecule has 1 aromatic heterocycles. The Morgan fingerprint density at radius 2 is 2.40 bits per heavy atom. The first-order valence-corrected chi connectivity index (χ1v) is 4.79. The Hall–Kier alpha value is -1.49. The van der Waals surface area contributed by atoms with Crippen LogP contribution in [0.25, 0.3) is 0 Å². The number of nitrogens with one attached hydrogen (secondary N) is 1. The molecule has 1 heterocycles. The van der Waals surface area contributed by atoms with E-state index < -0.39 is 11.2 Å². The van der Waals surface area contributed by atoms with Crippen LogP contribution in [0.3, 0.4) is 0 Å². The third-order valence-electron chi connectivity index (χ3n) is 2.75. The van der Waals surface area contributed by atoms with Crippen molar-refractivity contribution in [2.75, 3.05) is 11.9 Å². The number of anilines is 1. The fourth-order valence-electron chi connectivity index (χ4n) is 1.41. The zero-order valence-corrected chi connectivity index (χ0v) is 8.16. The summed E-state index contributed by atoms with van der Waals surface area (Å²) in [6.07, 6.45) is 4.06. The van der Waals surface area contributed by atoms with Gasteiger partial charge in [0.15, 0.2) is 5.82 Å². The van der Waals surface area contributed by atoms with Gasteiger partial charge in [0.1, 0.15) is 0 Å². The average molecular weight is 209 g/mol. The minimum Gasteiger partial charge on any atom is -0.329 e. The van der Waals surface area contributed by atoms with E-state index in [-0.39, 0.29) is 11.6 Å². The van der Waals surface area contributed by atoms with E-state index in [0.717, 1.165) is 19.0 Å². The van der Waals surface area contributed by atoms with Crippen molar-refractivity contribution in [3.8, 4) is 0 Å². The summed E-state index contributed by atoms with van der Waals surface area (Å²) in [6, 6.07) is 1.43.